The summed E-state index contributed by atoms with van der Waals surface area (Å²) < 4.78 is 0. The molecule has 1 aromatic carbocycles. The second-order valence-corrected chi connectivity index (χ2v) is 6.09. The minimum absolute atomic E-state index is 0.256. The van der Waals surface area contributed by atoms with Gasteiger partial charge in [-0.25, -0.2) is 0 Å². The molecule has 0 heterocycles. The van der Waals surface area contributed by atoms with Crippen LogP contribution in [0.15, 0.2) is 30.3 Å². The Labute approximate surface area is 116 Å². The fourth-order valence-corrected chi connectivity index (χ4v) is 3.13. The Kier molecular flexibility index (Phi) is 4.27. The fraction of sp³-hybridized carbons (Fsp3) is 0.588. The monoisotopic (exact) mass is 256 g/mol. The first kappa shape index (κ1) is 14.1. The van der Waals surface area contributed by atoms with Gasteiger partial charge in [0.05, 0.1) is 11.5 Å². The molecular weight excluding hydrogens is 232 g/mol. The van der Waals surface area contributed by atoms with Crippen molar-refractivity contribution in [3.63, 3.8) is 0 Å². The van der Waals surface area contributed by atoms with E-state index >= 15 is 0 Å². The van der Waals surface area contributed by atoms with Crippen molar-refractivity contribution in [2.24, 2.45) is 5.92 Å². The second kappa shape index (κ2) is 5.75. The van der Waals surface area contributed by atoms with Gasteiger partial charge in [0.25, 0.3) is 0 Å². The maximum absolute atomic E-state index is 9.53. The van der Waals surface area contributed by atoms with E-state index in [1.807, 2.05) is 18.2 Å². The third kappa shape index (κ3) is 2.82. The minimum Gasteiger partial charge on any atom is -0.311 e. The summed E-state index contributed by atoms with van der Waals surface area (Å²) in [6.45, 7) is 6.74. The largest absolute Gasteiger partial charge is 0.311 e. The SMILES string of the molecule is CCC(NC1CC(C#N)(c2ccccc2)C1)C(C)C. The number of hydrogen-bond acceptors (Lipinski definition) is 2. The van der Waals surface area contributed by atoms with Crippen molar-refractivity contribution >= 4 is 0 Å². The van der Waals surface area contributed by atoms with E-state index in [1.165, 1.54) is 5.56 Å². The van der Waals surface area contributed by atoms with E-state index in [0.717, 1.165) is 19.3 Å². The molecule has 0 bridgehead atoms. The van der Waals surface area contributed by atoms with Gasteiger partial charge in [-0.3, -0.25) is 0 Å². The average Bonchev–Trinajstić information content (AvgIpc) is 2.38. The van der Waals surface area contributed by atoms with Crippen LogP contribution in [-0.4, -0.2) is 12.1 Å². The van der Waals surface area contributed by atoms with E-state index in [4.69, 9.17) is 0 Å². The molecule has 0 aliphatic heterocycles. The fourth-order valence-electron chi connectivity index (χ4n) is 3.13. The third-order valence-corrected chi connectivity index (χ3v) is 4.42. The molecule has 0 saturated heterocycles. The van der Waals surface area contributed by atoms with Crippen molar-refractivity contribution in [3.8, 4) is 6.07 Å². The quantitative estimate of drug-likeness (QED) is 0.873. The highest BCUT2D eigenvalue weighted by Crippen LogP contribution is 2.43. The lowest BCUT2D eigenvalue weighted by Gasteiger charge is -2.45. The molecule has 1 fully saturated rings. The van der Waals surface area contributed by atoms with Gasteiger partial charge < -0.3 is 5.32 Å². The van der Waals surface area contributed by atoms with Crippen LogP contribution in [0.2, 0.25) is 0 Å². The first-order valence-electron chi connectivity index (χ1n) is 7.34. The molecule has 0 amide bonds. The van der Waals surface area contributed by atoms with Gasteiger partial charge in [0.1, 0.15) is 0 Å². The van der Waals surface area contributed by atoms with E-state index < -0.39 is 0 Å². The summed E-state index contributed by atoms with van der Waals surface area (Å²) in [6.07, 6.45) is 3.03. The molecule has 19 heavy (non-hydrogen) atoms. The van der Waals surface area contributed by atoms with Crippen LogP contribution >= 0.6 is 0 Å². The Morgan fingerprint density at radius 2 is 1.95 bits per heavy atom. The van der Waals surface area contributed by atoms with Gasteiger partial charge in [-0.2, -0.15) is 5.26 Å². The maximum Gasteiger partial charge on any atom is 0.0852 e. The van der Waals surface area contributed by atoms with Crippen LogP contribution < -0.4 is 5.32 Å². The van der Waals surface area contributed by atoms with Crippen LogP contribution in [0.25, 0.3) is 0 Å². The average molecular weight is 256 g/mol. The van der Waals surface area contributed by atoms with Crippen LogP contribution in [0.1, 0.15) is 45.6 Å². The Hall–Kier alpha value is -1.33. The Morgan fingerprint density at radius 3 is 2.42 bits per heavy atom. The summed E-state index contributed by atoms with van der Waals surface area (Å²) >= 11 is 0. The topological polar surface area (TPSA) is 35.8 Å². The summed E-state index contributed by atoms with van der Waals surface area (Å²) in [7, 11) is 0. The maximum atomic E-state index is 9.53. The Bertz CT molecular complexity index is 438. The second-order valence-electron chi connectivity index (χ2n) is 6.09. The minimum atomic E-state index is -0.256. The number of hydrogen-bond donors (Lipinski definition) is 1. The predicted octanol–water partition coefficient (Wildman–Crippen LogP) is 3.63. The smallest absolute Gasteiger partial charge is 0.0852 e. The van der Waals surface area contributed by atoms with Crippen molar-refractivity contribution in [1.29, 1.82) is 5.26 Å². The molecule has 2 heteroatoms. The van der Waals surface area contributed by atoms with E-state index in [0.29, 0.717) is 18.0 Å². The summed E-state index contributed by atoms with van der Waals surface area (Å²) in [4.78, 5) is 0. The summed E-state index contributed by atoms with van der Waals surface area (Å²) in [5.74, 6) is 0.652. The van der Waals surface area contributed by atoms with E-state index in [9.17, 15) is 5.26 Å². The molecule has 1 saturated carbocycles. The van der Waals surface area contributed by atoms with Gasteiger partial charge in [0.15, 0.2) is 0 Å². The summed E-state index contributed by atoms with van der Waals surface area (Å²) in [6, 6.07) is 13.8. The standard InChI is InChI=1S/C17H24N2/c1-4-16(13(2)3)19-15-10-17(11-15,12-18)14-8-6-5-7-9-14/h5-9,13,15-16,19H,4,10-11H2,1-3H3. The van der Waals surface area contributed by atoms with E-state index in [-0.39, 0.29) is 5.41 Å². The zero-order valence-corrected chi connectivity index (χ0v) is 12.2. The zero-order chi connectivity index (χ0) is 13.9. The first-order valence-corrected chi connectivity index (χ1v) is 7.34. The molecule has 102 valence electrons. The number of nitrogens with one attached hydrogen (secondary N) is 1. The predicted molar refractivity (Wildman–Crippen MR) is 78.8 cm³/mol. The number of nitrogens with zero attached hydrogens (tertiary/aromatic N) is 1. The number of benzene rings is 1. The molecule has 2 nitrogen and oxygen atoms in total. The van der Waals surface area contributed by atoms with Gasteiger partial charge in [-0.05, 0) is 30.7 Å². The van der Waals surface area contributed by atoms with Gasteiger partial charge in [0.2, 0.25) is 0 Å². The molecule has 1 aliphatic carbocycles. The van der Waals surface area contributed by atoms with Gasteiger partial charge in [-0.1, -0.05) is 51.1 Å². The van der Waals surface area contributed by atoms with Crippen molar-refractivity contribution in [2.75, 3.05) is 0 Å². The van der Waals surface area contributed by atoms with Crippen LogP contribution in [-0.2, 0) is 5.41 Å². The molecule has 1 aliphatic rings. The lowest BCUT2D eigenvalue weighted by molar-refractivity contribution is 0.192. The molecule has 1 atom stereocenters. The van der Waals surface area contributed by atoms with Gasteiger partial charge >= 0.3 is 0 Å². The van der Waals surface area contributed by atoms with Crippen molar-refractivity contribution < 1.29 is 0 Å². The summed E-state index contributed by atoms with van der Waals surface area (Å²) in [5, 5.41) is 13.2. The molecule has 1 aromatic rings. The molecule has 0 aromatic heterocycles. The lowest BCUT2D eigenvalue weighted by Crippen LogP contribution is -2.54. The van der Waals surface area contributed by atoms with Crippen molar-refractivity contribution in [2.45, 2.75) is 57.5 Å². The molecule has 1 N–H and O–H groups in total. The number of rotatable bonds is 5. The van der Waals surface area contributed by atoms with Crippen molar-refractivity contribution in [3.05, 3.63) is 35.9 Å². The van der Waals surface area contributed by atoms with Crippen molar-refractivity contribution in [1.82, 2.24) is 5.32 Å². The molecule has 1 unspecified atom stereocenters. The lowest BCUT2D eigenvalue weighted by atomic mass is 9.62. The van der Waals surface area contributed by atoms with Crippen LogP contribution in [0.3, 0.4) is 0 Å². The first-order chi connectivity index (χ1) is 9.11. The number of nitriles is 1. The highest BCUT2D eigenvalue weighted by Gasteiger charge is 2.46. The van der Waals surface area contributed by atoms with Crippen LogP contribution in [0.5, 0.6) is 0 Å². The zero-order valence-electron chi connectivity index (χ0n) is 12.2. The highest BCUT2D eigenvalue weighted by molar-refractivity contribution is 5.36. The van der Waals surface area contributed by atoms with E-state index in [2.05, 4.69) is 44.3 Å². The van der Waals surface area contributed by atoms with Gasteiger partial charge in [-0.15, -0.1) is 0 Å². The molecule has 2 rings (SSSR count). The normalized spacial score (nSPS) is 27.6. The Morgan fingerprint density at radius 1 is 1.32 bits per heavy atom. The van der Waals surface area contributed by atoms with Crippen LogP contribution in [0, 0.1) is 17.2 Å². The molecule has 0 spiro atoms. The Balaban J connectivity index is 1.99. The van der Waals surface area contributed by atoms with E-state index in [1.54, 1.807) is 0 Å². The molecule has 0 radical (unpaired) electrons. The van der Waals surface area contributed by atoms with Gasteiger partial charge in [0, 0.05) is 12.1 Å². The summed E-state index contributed by atoms with van der Waals surface area (Å²) in [5.41, 5.74) is 0.918. The molecular formula is C17H24N2. The third-order valence-electron chi connectivity index (χ3n) is 4.42. The highest BCUT2D eigenvalue weighted by atomic mass is 15.0. The van der Waals surface area contributed by atoms with Crippen LogP contribution in [0.4, 0.5) is 0 Å².